The summed E-state index contributed by atoms with van der Waals surface area (Å²) in [7, 11) is -3.68. The lowest BCUT2D eigenvalue weighted by Crippen LogP contribution is -2.49. The number of morpholine rings is 1. The number of ether oxygens (including phenoxy) is 2. The van der Waals surface area contributed by atoms with Gasteiger partial charge in [-0.3, -0.25) is 4.79 Å². The number of rotatable bonds is 7. The SMILES string of the molecule is CCN(CC)S(=O)(=O)c1cccc(C(=O)OCC(=O)N2C[C@@H](C)O[C@H](C)C2)c1. The van der Waals surface area contributed by atoms with E-state index in [1.807, 2.05) is 13.8 Å². The zero-order chi connectivity index (χ0) is 20.9. The molecule has 0 radical (unpaired) electrons. The van der Waals surface area contributed by atoms with Crippen molar-refractivity contribution in [2.75, 3.05) is 32.8 Å². The van der Waals surface area contributed by atoms with Crippen molar-refractivity contribution in [2.45, 2.75) is 44.8 Å². The van der Waals surface area contributed by atoms with Crippen LogP contribution in [0, 0.1) is 0 Å². The number of esters is 1. The number of sulfonamides is 1. The second-order valence-electron chi connectivity index (χ2n) is 6.75. The number of carbonyl (C=O) groups is 2. The van der Waals surface area contributed by atoms with Crippen LogP contribution in [0.15, 0.2) is 29.2 Å². The van der Waals surface area contributed by atoms with Crippen molar-refractivity contribution in [3.8, 4) is 0 Å². The van der Waals surface area contributed by atoms with E-state index in [9.17, 15) is 18.0 Å². The molecule has 1 aromatic rings. The zero-order valence-electron chi connectivity index (χ0n) is 16.8. The highest BCUT2D eigenvalue weighted by Gasteiger charge is 2.27. The molecule has 28 heavy (non-hydrogen) atoms. The molecule has 9 heteroatoms. The molecule has 0 spiro atoms. The molecule has 0 bridgehead atoms. The fourth-order valence-corrected chi connectivity index (χ4v) is 4.68. The summed E-state index contributed by atoms with van der Waals surface area (Å²) in [6.07, 6.45) is -0.157. The standard InChI is InChI=1S/C19H28N2O6S/c1-5-21(6-2)28(24,25)17-9-7-8-16(10-17)19(23)26-13-18(22)20-11-14(3)27-15(4)12-20/h7-10,14-15H,5-6,11-13H2,1-4H3/t14-,15-/m1/s1. The van der Waals surface area contributed by atoms with Crippen LogP contribution in [0.5, 0.6) is 0 Å². The molecule has 1 aliphatic rings. The van der Waals surface area contributed by atoms with Gasteiger partial charge in [-0.05, 0) is 32.0 Å². The van der Waals surface area contributed by atoms with Gasteiger partial charge in [0.15, 0.2) is 6.61 Å². The Balaban J connectivity index is 2.04. The van der Waals surface area contributed by atoms with E-state index in [2.05, 4.69) is 0 Å². The number of amides is 1. The van der Waals surface area contributed by atoms with Gasteiger partial charge >= 0.3 is 5.97 Å². The van der Waals surface area contributed by atoms with E-state index < -0.39 is 22.6 Å². The van der Waals surface area contributed by atoms with Crippen molar-refractivity contribution in [2.24, 2.45) is 0 Å². The summed E-state index contributed by atoms with van der Waals surface area (Å²) in [6.45, 7) is 8.41. The molecule has 0 aromatic heterocycles. The van der Waals surface area contributed by atoms with E-state index in [-0.39, 0.29) is 28.6 Å². The molecule has 1 heterocycles. The van der Waals surface area contributed by atoms with Crippen LogP contribution in [0.2, 0.25) is 0 Å². The normalized spacial score (nSPS) is 20.2. The smallest absolute Gasteiger partial charge is 0.338 e. The molecule has 0 N–H and O–H groups in total. The number of hydrogen-bond acceptors (Lipinski definition) is 6. The second-order valence-corrected chi connectivity index (χ2v) is 8.69. The number of benzene rings is 1. The summed E-state index contributed by atoms with van der Waals surface area (Å²) >= 11 is 0. The van der Waals surface area contributed by atoms with Crippen LogP contribution in [0.3, 0.4) is 0 Å². The molecule has 2 rings (SSSR count). The summed E-state index contributed by atoms with van der Waals surface area (Å²) in [4.78, 5) is 26.3. The Bertz CT molecular complexity index is 796. The van der Waals surface area contributed by atoms with E-state index in [0.717, 1.165) is 0 Å². The lowest BCUT2D eigenvalue weighted by molar-refractivity contribution is -0.146. The molecular formula is C19H28N2O6S. The van der Waals surface area contributed by atoms with E-state index >= 15 is 0 Å². The van der Waals surface area contributed by atoms with Crippen LogP contribution in [0.25, 0.3) is 0 Å². The van der Waals surface area contributed by atoms with Crippen LogP contribution < -0.4 is 0 Å². The highest BCUT2D eigenvalue weighted by molar-refractivity contribution is 7.89. The van der Waals surface area contributed by atoms with Crippen molar-refractivity contribution in [1.82, 2.24) is 9.21 Å². The molecule has 156 valence electrons. The molecule has 0 saturated carbocycles. The Morgan fingerprint density at radius 3 is 2.36 bits per heavy atom. The molecule has 0 unspecified atom stereocenters. The van der Waals surface area contributed by atoms with E-state index in [0.29, 0.717) is 26.2 Å². The number of carbonyl (C=O) groups excluding carboxylic acids is 2. The Kier molecular flexibility index (Phi) is 7.56. The van der Waals surface area contributed by atoms with Gasteiger partial charge in [-0.2, -0.15) is 4.31 Å². The molecule has 1 saturated heterocycles. The predicted molar refractivity (Wildman–Crippen MR) is 103 cm³/mol. The summed E-state index contributed by atoms with van der Waals surface area (Å²) in [5.74, 6) is -1.04. The molecule has 1 amide bonds. The Morgan fingerprint density at radius 1 is 1.18 bits per heavy atom. The minimum absolute atomic E-state index is 0.0211. The monoisotopic (exact) mass is 412 g/mol. The van der Waals surface area contributed by atoms with Crippen molar-refractivity contribution in [3.05, 3.63) is 29.8 Å². The molecule has 8 nitrogen and oxygen atoms in total. The van der Waals surface area contributed by atoms with Gasteiger partial charge in [0.2, 0.25) is 10.0 Å². The van der Waals surface area contributed by atoms with Crippen molar-refractivity contribution in [3.63, 3.8) is 0 Å². The Labute approximate surface area is 166 Å². The maximum atomic E-state index is 12.6. The number of nitrogens with zero attached hydrogens (tertiary/aromatic N) is 2. The minimum atomic E-state index is -3.68. The van der Waals surface area contributed by atoms with Gasteiger partial charge in [0.05, 0.1) is 22.7 Å². The van der Waals surface area contributed by atoms with Crippen LogP contribution in [-0.4, -0.2) is 74.5 Å². The maximum Gasteiger partial charge on any atom is 0.338 e. The number of hydrogen-bond donors (Lipinski definition) is 0. The third-order valence-corrected chi connectivity index (χ3v) is 6.56. The third-order valence-electron chi connectivity index (χ3n) is 4.51. The third kappa shape index (κ3) is 5.30. The first-order valence-corrected chi connectivity index (χ1v) is 10.8. The quantitative estimate of drug-likeness (QED) is 0.630. The fraction of sp³-hybridized carbons (Fsp3) is 0.579. The van der Waals surface area contributed by atoms with Crippen LogP contribution in [0.1, 0.15) is 38.1 Å². The first-order chi connectivity index (χ1) is 13.2. The minimum Gasteiger partial charge on any atom is -0.452 e. The first kappa shape index (κ1) is 22.3. The van der Waals surface area contributed by atoms with Gasteiger partial charge in [0.25, 0.3) is 5.91 Å². The van der Waals surface area contributed by atoms with Gasteiger partial charge < -0.3 is 14.4 Å². The summed E-state index contributed by atoms with van der Waals surface area (Å²) < 4.78 is 37.2. The molecule has 2 atom stereocenters. The van der Waals surface area contributed by atoms with Crippen LogP contribution in [0.4, 0.5) is 0 Å². The average molecular weight is 413 g/mol. The van der Waals surface area contributed by atoms with Crippen LogP contribution in [-0.2, 0) is 24.3 Å². The van der Waals surface area contributed by atoms with Crippen molar-refractivity contribution in [1.29, 1.82) is 0 Å². The summed E-state index contributed by atoms with van der Waals surface area (Å²) in [6, 6.07) is 5.67. The Morgan fingerprint density at radius 2 is 1.79 bits per heavy atom. The lowest BCUT2D eigenvalue weighted by atomic mass is 10.2. The Hall–Kier alpha value is -1.97. The lowest BCUT2D eigenvalue weighted by Gasteiger charge is -2.35. The zero-order valence-corrected chi connectivity index (χ0v) is 17.6. The molecule has 0 aliphatic carbocycles. The van der Waals surface area contributed by atoms with Gasteiger partial charge in [0, 0.05) is 26.2 Å². The average Bonchev–Trinajstić information content (AvgIpc) is 2.66. The summed E-state index contributed by atoms with van der Waals surface area (Å²) in [5, 5.41) is 0. The first-order valence-electron chi connectivity index (χ1n) is 9.39. The van der Waals surface area contributed by atoms with Gasteiger partial charge in [-0.25, -0.2) is 13.2 Å². The molecule has 1 aromatic carbocycles. The van der Waals surface area contributed by atoms with E-state index in [1.54, 1.807) is 18.7 Å². The second kappa shape index (κ2) is 9.49. The van der Waals surface area contributed by atoms with Crippen molar-refractivity contribution >= 4 is 21.9 Å². The van der Waals surface area contributed by atoms with Gasteiger partial charge in [-0.1, -0.05) is 19.9 Å². The topological polar surface area (TPSA) is 93.2 Å². The van der Waals surface area contributed by atoms with Crippen LogP contribution >= 0.6 is 0 Å². The largest absolute Gasteiger partial charge is 0.452 e. The van der Waals surface area contributed by atoms with Gasteiger partial charge in [-0.15, -0.1) is 0 Å². The maximum absolute atomic E-state index is 12.6. The van der Waals surface area contributed by atoms with E-state index in [4.69, 9.17) is 9.47 Å². The predicted octanol–water partition coefficient (Wildman–Crippen LogP) is 1.51. The molecule has 1 aliphatic heterocycles. The molecular weight excluding hydrogens is 384 g/mol. The fourth-order valence-electron chi connectivity index (χ4n) is 3.18. The van der Waals surface area contributed by atoms with E-state index in [1.165, 1.54) is 28.6 Å². The van der Waals surface area contributed by atoms with Crippen molar-refractivity contribution < 1.29 is 27.5 Å². The summed E-state index contributed by atoms with van der Waals surface area (Å²) in [5.41, 5.74) is 0.0877. The molecule has 1 fully saturated rings. The highest BCUT2D eigenvalue weighted by Crippen LogP contribution is 2.18. The highest BCUT2D eigenvalue weighted by atomic mass is 32.2. The van der Waals surface area contributed by atoms with Gasteiger partial charge in [0.1, 0.15) is 0 Å².